The highest BCUT2D eigenvalue weighted by Gasteiger charge is 2.31. The summed E-state index contributed by atoms with van der Waals surface area (Å²) in [5.74, 6) is 0.00934. The van der Waals surface area contributed by atoms with Crippen molar-refractivity contribution in [1.29, 1.82) is 0 Å². The van der Waals surface area contributed by atoms with Crippen molar-refractivity contribution in [3.8, 4) is 11.5 Å². The lowest BCUT2D eigenvalue weighted by Crippen LogP contribution is -2.50. The zero-order chi connectivity index (χ0) is 19.1. The predicted octanol–water partition coefficient (Wildman–Crippen LogP) is 1.64. The number of hydrogen-bond acceptors (Lipinski definition) is 5. The number of rotatable bonds is 6. The van der Waals surface area contributed by atoms with Gasteiger partial charge in [0.1, 0.15) is 0 Å². The molecule has 144 valence electrons. The average Bonchev–Trinajstić information content (AvgIpc) is 2.67. The quantitative estimate of drug-likeness (QED) is 0.750. The van der Waals surface area contributed by atoms with Crippen LogP contribution in [0.3, 0.4) is 0 Å². The molecule has 2 rings (SSSR count). The number of aliphatic hydroxyl groups excluding tert-OH is 1. The smallest absolute Gasteiger partial charge is 0.312 e. The van der Waals surface area contributed by atoms with Crippen LogP contribution in [0.25, 0.3) is 0 Å². The summed E-state index contributed by atoms with van der Waals surface area (Å²) in [5.41, 5.74) is 0.814. The number of carbonyl (C=O) groups is 2. The summed E-state index contributed by atoms with van der Waals surface area (Å²) >= 11 is 0. The first-order valence-corrected chi connectivity index (χ1v) is 8.96. The van der Waals surface area contributed by atoms with Crippen molar-refractivity contribution in [2.45, 2.75) is 44.7 Å². The highest BCUT2D eigenvalue weighted by molar-refractivity contribution is 6.35. The zero-order valence-corrected chi connectivity index (χ0v) is 15.7. The van der Waals surface area contributed by atoms with Crippen LogP contribution in [0.4, 0.5) is 0 Å². The van der Waals surface area contributed by atoms with E-state index in [-0.39, 0.29) is 18.7 Å². The fourth-order valence-corrected chi connectivity index (χ4v) is 3.31. The third-order valence-electron chi connectivity index (χ3n) is 4.80. The van der Waals surface area contributed by atoms with Crippen molar-refractivity contribution < 1.29 is 24.2 Å². The maximum Gasteiger partial charge on any atom is 0.312 e. The highest BCUT2D eigenvalue weighted by atomic mass is 16.5. The Morgan fingerprint density at radius 2 is 2.00 bits per heavy atom. The molecule has 7 nitrogen and oxygen atoms in total. The van der Waals surface area contributed by atoms with Gasteiger partial charge in [0, 0.05) is 19.2 Å². The molecule has 2 N–H and O–H groups in total. The largest absolute Gasteiger partial charge is 0.493 e. The molecule has 1 aliphatic rings. The van der Waals surface area contributed by atoms with Gasteiger partial charge in [-0.2, -0.15) is 0 Å². The van der Waals surface area contributed by atoms with E-state index < -0.39 is 11.8 Å². The minimum absolute atomic E-state index is 0.0120. The van der Waals surface area contributed by atoms with E-state index >= 15 is 0 Å². The lowest BCUT2D eigenvalue weighted by Gasteiger charge is -2.35. The van der Waals surface area contributed by atoms with Gasteiger partial charge in [0.05, 0.1) is 20.3 Å². The van der Waals surface area contributed by atoms with E-state index in [0.717, 1.165) is 24.8 Å². The summed E-state index contributed by atoms with van der Waals surface area (Å²) in [6.45, 7) is 2.38. The van der Waals surface area contributed by atoms with Crippen molar-refractivity contribution in [3.05, 3.63) is 23.8 Å². The number of aliphatic hydroxyl groups is 1. The van der Waals surface area contributed by atoms with E-state index in [0.29, 0.717) is 24.5 Å². The molecule has 0 aliphatic carbocycles. The van der Waals surface area contributed by atoms with Crippen LogP contribution in [0.15, 0.2) is 18.2 Å². The number of nitrogens with one attached hydrogen (secondary N) is 1. The molecular formula is C19H28N2O5. The Morgan fingerprint density at radius 1 is 1.27 bits per heavy atom. The fourth-order valence-electron chi connectivity index (χ4n) is 3.31. The molecule has 0 radical (unpaired) electrons. The number of benzene rings is 1. The normalized spacial score (nSPS) is 18.2. The Morgan fingerprint density at radius 3 is 2.65 bits per heavy atom. The summed E-state index contributed by atoms with van der Waals surface area (Å²) in [7, 11) is 3.11. The second-order valence-corrected chi connectivity index (χ2v) is 6.47. The van der Waals surface area contributed by atoms with Gasteiger partial charge in [-0.05, 0) is 50.3 Å². The van der Waals surface area contributed by atoms with Gasteiger partial charge in [-0.25, -0.2) is 0 Å². The average molecular weight is 364 g/mol. The molecule has 1 aromatic carbocycles. The van der Waals surface area contributed by atoms with Crippen LogP contribution in [-0.2, 0) is 9.59 Å². The van der Waals surface area contributed by atoms with Crippen LogP contribution in [0, 0.1) is 0 Å². The zero-order valence-electron chi connectivity index (χ0n) is 15.7. The number of amides is 2. The van der Waals surface area contributed by atoms with Crippen molar-refractivity contribution in [2.24, 2.45) is 0 Å². The lowest BCUT2D eigenvalue weighted by molar-refractivity contribution is -0.148. The summed E-state index contributed by atoms with van der Waals surface area (Å²) in [4.78, 5) is 26.6. The van der Waals surface area contributed by atoms with Crippen molar-refractivity contribution in [3.63, 3.8) is 0 Å². The number of nitrogens with zero attached hydrogens (tertiary/aromatic N) is 1. The molecule has 1 heterocycles. The first-order chi connectivity index (χ1) is 12.5. The number of likely N-dealkylation sites (tertiary alicyclic amines) is 1. The van der Waals surface area contributed by atoms with Gasteiger partial charge in [-0.15, -0.1) is 0 Å². The molecular weight excluding hydrogens is 336 g/mol. The van der Waals surface area contributed by atoms with Gasteiger partial charge in [0.15, 0.2) is 11.5 Å². The van der Waals surface area contributed by atoms with Gasteiger partial charge in [-0.3, -0.25) is 9.59 Å². The van der Waals surface area contributed by atoms with Crippen LogP contribution in [0.5, 0.6) is 11.5 Å². The third kappa shape index (κ3) is 4.66. The minimum atomic E-state index is -0.628. The van der Waals surface area contributed by atoms with Gasteiger partial charge in [-0.1, -0.05) is 6.07 Å². The van der Waals surface area contributed by atoms with E-state index in [4.69, 9.17) is 9.47 Å². The summed E-state index contributed by atoms with van der Waals surface area (Å²) in [6, 6.07) is 4.95. The standard InChI is InChI=1S/C19H28N2O5/c1-13(14-7-8-16(25-2)17(12-14)26-3)20-18(23)19(24)21-10-5-4-6-15(21)9-11-22/h7-8,12-13,15,22H,4-6,9-11H2,1-3H3,(H,20,23). The molecule has 2 unspecified atom stereocenters. The molecule has 0 aromatic heterocycles. The Hall–Kier alpha value is -2.28. The van der Waals surface area contributed by atoms with E-state index in [1.807, 2.05) is 13.0 Å². The lowest BCUT2D eigenvalue weighted by atomic mass is 9.99. The van der Waals surface area contributed by atoms with Crippen LogP contribution < -0.4 is 14.8 Å². The number of methoxy groups -OCH3 is 2. The first kappa shape index (κ1) is 20.0. The molecule has 2 amide bonds. The number of carbonyl (C=O) groups excluding carboxylic acids is 2. The Balaban J connectivity index is 2.04. The molecule has 0 spiro atoms. The Kier molecular flexibility index (Phi) is 7.26. The minimum Gasteiger partial charge on any atom is -0.493 e. The molecule has 7 heteroatoms. The van der Waals surface area contributed by atoms with E-state index in [9.17, 15) is 14.7 Å². The van der Waals surface area contributed by atoms with Crippen LogP contribution in [0.1, 0.15) is 44.2 Å². The van der Waals surface area contributed by atoms with E-state index in [1.165, 1.54) is 0 Å². The second-order valence-electron chi connectivity index (χ2n) is 6.47. The number of piperidine rings is 1. The molecule has 1 aromatic rings. The monoisotopic (exact) mass is 364 g/mol. The second kappa shape index (κ2) is 9.43. The SMILES string of the molecule is COc1ccc(C(C)NC(=O)C(=O)N2CCCCC2CCO)cc1OC. The summed E-state index contributed by atoms with van der Waals surface area (Å²) in [5, 5.41) is 11.9. The Labute approximate surface area is 154 Å². The molecule has 1 saturated heterocycles. The number of ether oxygens (including phenoxy) is 2. The van der Waals surface area contributed by atoms with E-state index in [2.05, 4.69) is 5.32 Å². The highest BCUT2D eigenvalue weighted by Crippen LogP contribution is 2.30. The first-order valence-electron chi connectivity index (χ1n) is 8.96. The van der Waals surface area contributed by atoms with Crippen LogP contribution >= 0.6 is 0 Å². The maximum absolute atomic E-state index is 12.6. The van der Waals surface area contributed by atoms with Gasteiger partial charge in [0.2, 0.25) is 0 Å². The van der Waals surface area contributed by atoms with Crippen LogP contribution in [0.2, 0.25) is 0 Å². The van der Waals surface area contributed by atoms with Gasteiger partial charge >= 0.3 is 11.8 Å². The molecule has 1 fully saturated rings. The molecule has 2 atom stereocenters. The van der Waals surface area contributed by atoms with Gasteiger partial charge < -0.3 is 24.8 Å². The Bertz CT molecular complexity index is 632. The van der Waals surface area contributed by atoms with E-state index in [1.54, 1.807) is 31.3 Å². The topological polar surface area (TPSA) is 88.1 Å². The van der Waals surface area contributed by atoms with Crippen molar-refractivity contribution >= 4 is 11.8 Å². The van der Waals surface area contributed by atoms with Gasteiger partial charge in [0.25, 0.3) is 0 Å². The summed E-state index contributed by atoms with van der Waals surface area (Å²) < 4.78 is 10.5. The molecule has 0 saturated carbocycles. The fraction of sp³-hybridized carbons (Fsp3) is 0.579. The number of hydrogen-bond donors (Lipinski definition) is 2. The van der Waals surface area contributed by atoms with Crippen molar-refractivity contribution in [1.82, 2.24) is 10.2 Å². The molecule has 0 bridgehead atoms. The maximum atomic E-state index is 12.6. The summed E-state index contributed by atoms with van der Waals surface area (Å²) in [6.07, 6.45) is 3.22. The van der Waals surface area contributed by atoms with Crippen LogP contribution in [-0.4, -0.2) is 55.2 Å². The molecule has 26 heavy (non-hydrogen) atoms. The predicted molar refractivity (Wildman–Crippen MR) is 97.2 cm³/mol. The van der Waals surface area contributed by atoms with Crippen molar-refractivity contribution in [2.75, 3.05) is 27.4 Å². The molecule has 1 aliphatic heterocycles. The third-order valence-corrected chi connectivity index (χ3v) is 4.80.